The first-order chi connectivity index (χ1) is 11.4. The average Bonchev–Trinajstić information content (AvgIpc) is 2.79. The number of rotatable bonds is 4. The number of hydrogen-bond donors (Lipinski definition) is 2. The zero-order chi connectivity index (χ0) is 17.3. The standard InChI is InChI=1S/C16H22FN3O3S/c1-11(19-24(22,23)15-5-3-2-4-14(15)17)16(21)20-12-6-7-13(20)10-18-9-8-12/h2-5,11-13,18-19H,6-10H2,1H3. The Balaban J connectivity index is 1.76. The second-order valence-corrected chi connectivity index (χ2v) is 8.08. The quantitative estimate of drug-likeness (QED) is 0.839. The molecule has 0 aromatic heterocycles. The molecular weight excluding hydrogens is 333 g/mol. The number of nitrogens with zero attached hydrogens (tertiary/aromatic N) is 1. The molecule has 3 rings (SSSR count). The van der Waals surface area contributed by atoms with Gasteiger partial charge in [-0.25, -0.2) is 12.8 Å². The van der Waals surface area contributed by atoms with Crippen LogP contribution in [0.15, 0.2) is 29.2 Å². The van der Waals surface area contributed by atoms with Gasteiger partial charge in [0.15, 0.2) is 0 Å². The molecule has 2 heterocycles. The molecule has 2 N–H and O–H groups in total. The topological polar surface area (TPSA) is 78.5 Å². The van der Waals surface area contributed by atoms with E-state index < -0.39 is 26.8 Å². The van der Waals surface area contributed by atoms with Crippen LogP contribution in [0.25, 0.3) is 0 Å². The van der Waals surface area contributed by atoms with Gasteiger partial charge in [0, 0.05) is 18.6 Å². The molecule has 6 nitrogen and oxygen atoms in total. The Hall–Kier alpha value is -1.51. The van der Waals surface area contributed by atoms with Crippen LogP contribution in [-0.2, 0) is 14.8 Å². The second-order valence-electron chi connectivity index (χ2n) is 6.40. The highest BCUT2D eigenvalue weighted by Crippen LogP contribution is 2.28. The second kappa shape index (κ2) is 6.78. The molecule has 0 radical (unpaired) electrons. The highest BCUT2D eigenvalue weighted by molar-refractivity contribution is 7.89. The van der Waals surface area contributed by atoms with Crippen LogP contribution in [0.4, 0.5) is 4.39 Å². The van der Waals surface area contributed by atoms with Gasteiger partial charge < -0.3 is 10.2 Å². The summed E-state index contributed by atoms with van der Waals surface area (Å²) < 4.78 is 40.8. The van der Waals surface area contributed by atoms with E-state index in [-0.39, 0.29) is 18.0 Å². The third kappa shape index (κ3) is 3.31. The minimum absolute atomic E-state index is 0.102. The normalized spacial score (nSPS) is 25.3. The van der Waals surface area contributed by atoms with E-state index in [4.69, 9.17) is 0 Å². The van der Waals surface area contributed by atoms with E-state index in [1.54, 1.807) is 0 Å². The van der Waals surface area contributed by atoms with E-state index in [0.29, 0.717) is 0 Å². The van der Waals surface area contributed by atoms with Gasteiger partial charge >= 0.3 is 0 Å². The summed E-state index contributed by atoms with van der Waals surface area (Å²) in [5.74, 6) is -1.07. The van der Waals surface area contributed by atoms with Crippen LogP contribution in [0.3, 0.4) is 0 Å². The maximum Gasteiger partial charge on any atom is 0.244 e. The lowest BCUT2D eigenvalue weighted by Crippen LogP contribution is -2.51. The Labute approximate surface area is 141 Å². The van der Waals surface area contributed by atoms with E-state index >= 15 is 0 Å². The summed E-state index contributed by atoms with van der Waals surface area (Å²) in [4.78, 5) is 14.2. The van der Waals surface area contributed by atoms with Crippen molar-refractivity contribution in [2.45, 2.75) is 49.2 Å². The first kappa shape index (κ1) is 17.3. The Morgan fingerprint density at radius 1 is 1.29 bits per heavy atom. The van der Waals surface area contributed by atoms with Crippen molar-refractivity contribution in [1.29, 1.82) is 0 Å². The lowest BCUT2D eigenvalue weighted by molar-refractivity contribution is -0.135. The van der Waals surface area contributed by atoms with Crippen molar-refractivity contribution >= 4 is 15.9 Å². The SMILES string of the molecule is CC(NS(=O)(=O)c1ccccc1F)C(=O)N1C2CCNCC1CC2. The third-order valence-electron chi connectivity index (χ3n) is 4.74. The monoisotopic (exact) mass is 355 g/mol. The molecule has 2 saturated heterocycles. The van der Waals surface area contributed by atoms with Crippen molar-refractivity contribution in [3.8, 4) is 0 Å². The van der Waals surface area contributed by atoms with E-state index in [9.17, 15) is 17.6 Å². The molecule has 24 heavy (non-hydrogen) atoms. The van der Waals surface area contributed by atoms with Gasteiger partial charge in [-0.3, -0.25) is 4.79 Å². The highest BCUT2D eigenvalue weighted by atomic mass is 32.2. The average molecular weight is 355 g/mol. The molecule has 0 spiro atoms. The zero-order valence-electron chi connectivity index (χ0n) is 13.5. The molecule has 2 bridgehead atoms. The lowest BCUT2D eigenvalue weighted by Gasteiger charge is -2.30. The van der Waals surface area contributed by atoms with E-state index in [0.717, 1.165) is 38.4 Å². The molecular formula is C16H22FN3O3S. The number of carbonyl (C=O) groups is 1. The summed E-state index contributed by atoms with van der Waals surface area (Å²) in [6, 6.07) is 4.46. The van der Waals surface area contributed by atoms with Crippen LogP contribution >= 0.6 is 0 Å². The fourth-order valence-electron chi connectivity index (χ4n) is 3.58. The maximum atomic E-state index is 13.8. The van der Waals surface area contributed by atoms with Crippen molar-refractivity contribution in [3.63, 3.8) is 0 Å². The van der Waals surface area contributed by atoms with Crippen LogP contribution in [0, 0.1) is 5.82 Å². The fraction of sp³-hybridized carbons (Fsp3) is 0.562. The Bertz CT molecular complexity index is 711. The number of fused-ring (bicyclic) bond motifs is 2. The number of sulfonamides is 1. The van der Waals surface area contributed by atoms with Crippen molar-refractivity contribution in [2.24, 2.45) is 0 Å². The largest absolute Gasteiger partial charge is 0.334 e. The van der Waals surface area contributed by atoms with Gasteiger partial charge in [-0.15, -0.1) is 0 Å². The highest BCUT2D eigenvalue weighted by Gasteiger charge is 2.40. The fourth-order valence-corrected chi connectivity index (χ4v) is 4.85. The van der Waals surface area contributed by atoms with Crippen LogP contribution in [0.1, 0.15) is 26.2 Å². The van der Waals surface area contributed by atoms with Gasteiger partial charge in [-0.2, -0.15) is 4.72 Å². The van der Waals surface area contributed by atoms with E-state index in [2.05, 4.69) is 10.0 Å². The molecule has 132 valence electrons. The molecule has 0 saturated carbocycles. The summed E-state index contributed by atoms with van der Waals surface area (Å²) in [5.41, 5.74) is 0. The molecule has 2 aliphatic heterocycles. The number of nitrogens with one attached hydrogen (secondary N) is 2. The smallest absolute Gasteiger partial charge is 0.244 e. The Morgan fingerprint density at radius 3 is 2.75 bits per heavy atom. The lowest BCUT2D eigenvalue weighted by atomic mass is 10.1. The third-order valence-corrected chi connectivity index (χ3v) is 6.31. The molecule has 3 unspecified atom stereocenters. The summed E-state index contributed by atoms with van der Waals surface area (Å²) in [5, 5.41) is 3.30. The van der Waals surface area contributed by atoms with Crippen molar-refractivity contribution in [1.82, 2.24) is 14.9 Å². The number of amides is 1. The minimum Gasteiger partial charge on any atom is -0.334 e. The van der Waals surface area contributed by atoms with Crippen molar-refractivity contribution in [3.05, 3.63) is 30.1 Å². The van der Waals surface area contributed by atoms with Gasteiger partial charge in [0.2, 0.25) is 15.9 Å². The predicted molar refractivity (Wildman–Crippen MR) is 87.3 cm³/mol. The zero-order valence-corrected chi connectivity index (χ0v) is 14.4. The van der Waals surface area contributed by atoms with E-state index in [1.807, 2.05) is 4.90 Å². The molecule has 0 aliphatic carbocycles. The summed E-state index contributed by atoms with van der Waals surface area (Å²) >= 11 is 0. The van der Waals surface area contributed by atoms with Gasteiger partial charge in [-0.05, 0) is 44.9 Å². The van der Waals surface area contributed by atoms with Gasteiger partial charge in [-0.1, -0.05) is 12.1 Å². The Morgan fingerprint density at radius 2 is 2.00 bits per heavy atom. The summed E-state index contributed by atoms with van der Waals surface area (Å²) in [6.45, 7) is 3.10. The molecule has 2 fully saturated rings. The summed E-state index contributed by atoms with van der Waals surface area (Å²) in [7, 11) is -4.09. The number of benzene rings is 1. The van der Waals surface area contributed by atoms with Crippen LogP contribution < -0.4 is 10.0 Å². The van der Waals surface area contributed by atoms with Crippen LogP contribution in [0.2, 0.25) is 0 Å². The van der Waals surface area contributed by atoms with Crippen LogP contribution in [0.5, 0.6) is 0 Å². The number of carbonyl (C=O) groups excluding carboxylic acids is 1. The molecule has 1 aromatic carbocycles. The first-order valence-electron chi connectivity index (χ1n) is 8.20. The molecule has 1 amide bonds. The number of hydrogen-bond acceptors (Lipinski definition) is 4. The van der Waals surface area contributed by atoms with Crippen LogP contribution in [-0.4, -0.2) is 50.4 Å². The predicted octanol–water partition coefficient (Wildman–Crippen LogP) is 0.845. The summed E-state index contributed by atoms with van der Waals surface area (Å²) in [6.07, 6.45) is 2.75. The van der Waals surface area contributed by atoms with Crippen molar-refractivity contribution in [2.75, 3.05) is 13.1 Å². The minimum atomic E-state index is -4.09. The molecule has 8 heteroatoms. The number of halogens is 1. The van der Waals surface area contributed by atoms with E-state index in [1.165, 1.54) is 25.1 Å². The first-order valence-corrected chi connectivity index (χ1v) is 9.68. The van der Waals surface area contributed by atoms with Gasteiger partial charge in [0.05, 0.1) is 6.04 Å². The molecule has 2 aliphatic rings. The maximum absolute atomic E-state index is 13.8. The Kier molecular flexibility index (Phi) is 4.89. The molecule has 3 atom stereocenters. The molecule has 1 aromatic rings. The van der Waals surface area contributed by atoms with Gasteiger partial charge in [0.1, 0.15) is 10.7 Å². The van der Waals surface area contributed by atoms with Gasteiger partial charge in [0.25, 0.3) is 0 Å². The van der Waals surface area contributed by atoms with Crippen molar-refractivity contribution < 1.29 is 17.6 Å².